The summed E-state index contributed by atoms with van der Waals surface area (Å²) in [6.45, 7) is 3.58. The van der Waals surface area contributed by atoms with E-state index in [1.165, 1.54) is 0 Å². The topological polar surface area (TPSA) is 43.1 Å². The highest BCUT2D eigenvalue weighted by atomic mass is 16.1. The minimum atomic E-state index is 0.0877. The number of carbonyl (C=O) groups excluding carboxylic acids is 1. The van der Waals surface area contributed by atoms with Gasteiger partial charge in [0.15, 0.2) is 5.78 Å². The summed E-state index contributed by atoms with van der Waals surface area (Å²) in [4.78, 5) is 11.0. The number of rotatable bonds is 2. The molecule has 2 nitrogen and oxygen atoms in total. The molecule has 2 heteroatoms. The second kappa shape index (κ2) is 3.39. The zero-order valence-corrected chi connectivity index (χ0v) is 7.42. The molecule has 0 saturated heterocycles. The fraction of sp³-hybridized carbons (Fsp3) is 0.300. The van der Waals surface area contributed by atoms with Crippen molar-refractivity contribution in [1.29, 1.82) is 0 Å². The Morgan fingerprint density at radius 3 is 2.67 bits per heavy atom. The fourth-order valence-corrected chi connectivity index (χ4v) is 1.13. The average molecular weight is 163 g/mol. The number of ketones is 1. The zero-order valence-electron chi connectivity index (χ0n) is 7.42. The lowest BCUT2D eigenvalue weighted by atomic mass is 10.0. The number of Topliss-reactive ketones (excluding diaryl/α,β-unsaturated/α-hetero) is 1. The predicted octanol–water partition coefficient (Wildman–Crippen LogP) is 2.03. The van der Waals surface area contributed by atoms with Crippen LogP contribution in [0, 0.1) is 0 Å². The van der Waals surface area contributed by atoms with Crippen molar-refractivity contribution >= 4 is 11.5 Å². The van der Waals surface area contributed by atoms with Gasteiger partial charge in [-0.1, -0.05) is 6.92 Å². The molecule has 1 rings (SSSR count). The van der Waals surface area contributed by atoms with Crippen LogP contribution in [0.1, 0.15) is 29.8 Å². The zero-order chi connectivity index (χ0) is 9.14. The first-order valence-electron chi connectivity index (χ1n) is 4.04. The number of anilines is 1. The van der Waals surface area contributed by atoms with Gasteiger partial charge in [0, 0.05) is 11.3 Å². The lowest BCUT2D eigenvalue weighted by molar-refractivity contribution is 0.101. The van der Waals surface area contributed by atoms with Crippen LogP contribution >= 0.6 is 0 Å². The number of benzene rings is 1. The number of carbonyl (C=O) groups is 1. The Balaban J connectivity index is 3.13. The van der Waals surface area contributed by atoms with Gasteiger partial charge in [-0.15, -0.1) is 0 Å². The van der Waals surface area contributed by atoms with Crippen molar-refractivity contribution in [3.05, 3.63) is 29.3 Å². The minimum absolute atomic E-state index is 0.0877. The largest absolute Gasteiger partial charge is 0.399 e. The van der Waals surface area contributed by atoms with E-state index < -0.39 is 0 Å². The van der Waals surface area contributed by atoms with Crippen molar-refractivity contribution in [2.24, 2.45) is 0 Å². The molecule has 0 saturated carbocycles. The molecular formula is C10H13NO. The number of hydrogen-bond acceptors (Lipinski definition) is 2. The maximum atomic E-state index is 11.0. The maximum absolute atomic E-state index is 11.0. The molecule has 0 aliphatic carbocycles. The van der Waals surface area contributed by atoms with Crippen LogP contribution in [0.25, 0.3) is 0 Å². The molecule has 1 aromatic carbocycles. The van der Waals surface area contributed by atoms with Gasteiger partial charge in [0.1, 0.15) is 0 Å². The summed E-state index contributed by atoms with van der Waals surface area (Å²) < 4.78 is 0. The van der Waals surface area contributed by atoms with E-state index in [-0.39, 0.29) is 5.78 Å². The predicted molar refractivity (Wildman–Crippen MR) is 50.2 cm³/mol. The normalized spacial score (nSPS) is 9.83. The van der Waals surface area contributed by atoms with Gasteiger partial charge >= 0.3 is 0 Å². The van der Waals surface area contributed by atoms with Crippen molar-refractivity contribution in [2.75, 3.05) is 5.73 Å². The summed E-state index contributed by atoms with van der Waals surface area (Å²) in [5, 5.41) is 0. The van der Waals surface area contributed by atoms with Crippen molar-refractivity contribution in [1.82, 2.24) is 0 Å². The number of nitrogens with two attached hydrogens (primary N) is 1. The Morgan fingerprint density at radius 1 is 1.50 bits per heavy atom. The Labute approximate surface area is 72.4 Å². The molecule has 0 bridgehead atoms. The fourth-order valence-electron chi connectivity index (χ4n) is 1.13. The van der Waals surface area contributed by atoms with Gasteiger partial charge in [0.05, 0.1) is 0 Å². The standard InChI is InChI=1S/C10H13NO/c1-3-8-6-9(7(2)12)4-5-10(8)11/h4-6H,3,11H2,1-2H3. The number of nitrogen functional groups attached to an aromatic ring is 1. The molecular weight excluding hydrogens is 150 g/mol. The third-order valence-electron chi connectivity index (χ3n) is 1.93. The molecule has 0 amide bonds. The first kappa shape index (κ1) is 8.78. The van der Waals surface area contributed by atoms with Crippen molar-refractivity contribution < 1.29 is 4.79 Å². The highest BCUT2D eigenvalue weighted by Crippen LogP contribution is 2.14. The first-order valence-corrected chi connectivity index (χ1v) is 4.04. The van der Waals surface area contributed by atoms with Gasteiger partial charge in [-0.25, -0.2) is 0 Å². The quantitative estimate of drug-likeness (QED) is 0.535. The lowest BCUT2D eigenvalue weighted by Crippen LogP contribution is -1.97. The average Bonchev–Trinajstić information content (AvgIpc) is 2.05. The van der Waals surface area contributed by atoms with Crippen LogP contribution < -0.4 is 5.73 Å². The van der Waals surface area contributed by atoms with E-state index in [0.29, 0.717) is 0 Å². The summed E-state index contributed by atoms with van der Waals surface area (Å²) in [6.07, 6.45) is 0.868. The summed E-state index contributed by atoms with van der Waals surface area (Å²) in [5.74, 6) is 0.0877. The van der Waals surface area contributed by atoms with Gasteiger partial charge in [-0.2, -0.15) is 0 Å². The van der Waals surface area contributed by atoms with Crippen LogP contribution in [-0.4, -0.2) is 5.78 Å². The van der Waals surface area contributed by atoms with Crippen LogP contribution in [0.2, 0.25) is 0 Å². The van der Waals surface area contributed by atoms with E-state index in [1.54, 1.807) is 19.1 Å². The van der Waals surface area contributed by atoms with Gasteiger partial charge < -0.3 is 5.73 Å². The maximum Gasteiger partial charge on any atom is 0.159 e. The molecule has 0 spiro atoms. The van der Waals surface area contributed by atoms with Crippen LogP contribution in [0.4, 0.5) is 5.69 Å². The molecule has 0 heterocycles. The van der Waals surface area contributed by atoms with Gasteiger partial charge in [0.25, 0.3) is 0 Å². The van der Waals surface area contributed by atoms with E-state index in [9.17, 15) is 4.79 Å². The third kappa shape index (κ3) is 1.64. The second-order valence-electron chi connectivity index (χ2n) is 2.82. The van der Waals surface area contributed by atoms with Crippen LogP contribution in [0.5, 0.6) is 0 Å². The van der Waals surface area contributed by atoms with Crippen molar-refractivity contribution in [2.45, 2.75) is 20.3 Å². The van der Waals surface area contributed by atoms with Crippen molar-refractivity contribution in [3.8, 4) is 0 Å². The highest BCUT2D eigenvalue weighted by molar-refractivity contribution is 5.94. The molecule has 64 valence electrons. The molecule has 0 aliphatic heterocycles. The Bertz CT molecular complexity index is 305. The molecule has 1 aromatic rings. The second-order valence-corrected chi connectivity index (χ2v) is 2.82. The van der Waals surface area contributed by atoms with E-state index >= 15 is 0 Å². The number of aryl methyl sites for hydroxylation is 1. The molecule has 0 aromatic heterocycles. The molecule has 0 unspecified atom stereocenters. The lowest BCUT2D eigenvalue weighted by Gasteiger charge is -2.03. The molecule has 2 N–H and O–H groups in total. The smallest absolute Gasteiger partial charge is 0.159 e. The van der Waals surface area contributed by atoms with Crippen LogP contribution in [0.15, 0.2) is 18.2 Å². The van der Waals surface area contributed by atoms with Crippen molar-refractivity contribution in [3.63, 3.8) is 0 Å². The highest BCUT2D eigenvalue weighted by Gasteiger charge is 2.01. The molecule has 0 radical (unpaired) electrons. The third-order valence-corrected chi connectivity index (χ3v) is 1.93. The monoisotopic (exact) mass is 163 g/mol. The molecule has 12 heavy (non-hydrogen) atoms. The van der Waals surface area contributed by atoms with Crippen LogP contribution in [0.3, 0.4) is 0 Å². The first-order chi connectivity index (χ1) is 5.65. The van der Waals surface area contributed by atoms with E-state index in [4.69, 9.17) is 5.73 Å². The summed E-state index contributed by atoms with van der Waals surface area (Å²) in [7, 11) is 0. The Hall–Kier alpha value is -1.31. The van der Waals surface area contributed by atoms with E-state index in [2.05, 4.69) is 0 Å². The molecule has 0 aliphatic rings. The van der Waals surface area contributed by atoms with Gasteiger partial charge in [-0.3, -0.25) is 4.79 Å². The van der Waals surface area contributed by atoms with Crippen LogP contribution in [-0.2, 0) is 6.42 Å². The number of hydrogen-bond donors (Lipinski definition) is 1. The van der Waals surface area contributed by atoms with E-state index in [0.717, 1.165) is 23.2 Å². The van der Waals surface area contributed by atoms with E-state index in [1.807, 2.05) is 13.0 Å². The van der Waals surface area contributed by atoms with Gasteiger partial charge in [-0.05, 0) is 37.1 Å². The van der Waals surface area contributed by atoms with Gasteiger partial charge in [0.2, 0.25) is 0 Å². The molecule has 0 fully saturated rings. The summed E-state index contributed by atoms with van der Waals surface area (Å²) in [5.41, 5.74) is 8.24. The Morgan fingerprint density at radius 2 is 2.17 bits per heavy atom. The minimum Gasteiger partial charge on any atom is -0.399 e. The Kier molecular flexibility index (Phi) is 2.48. The summed E-state index contributed by atoms with van der Waals surface area (Å²) in [6, 6.07) is 5.41. The summed E-state index contributed by atoms with van der Waals surface area (Å²) >= 11 is 0. The molecule has 0 atom stereocenters. The SMILES string of the molecule is CCc1cc(C(C)=O)ccc1N.